The lowest BCUT2D eigenvalue weighted by molar-refractivity contribution is 0.292. The molecular formula is C16H19NO2. The normalized spacial score (nSPS) is 10.4. The summed E-state index contributed by atoms with van der Waals surface area (Å²) in [6.07, 6.45) is 0. The highest BCUT2D eigenvalue weighted by Crippen LogP contribution is 2.21. The maximum atomic E-state index is 8.69. The number of hydrogen-bond acceptors (Lipinski definition) is 3. The number of aliphatic hydroxyl groups excluding tert-OH is 1. The lowest BCUT2D eigenvalue weighted by atomic mass is 10.2. The maximum Gasteiger partial charge on any atom is 0.127 e. The van der Waals surface area contributed by atoms with Gasteiger partial charge >= 0.3 is 0 Å². The molecule has 2 rings (SSSR count). The summed E-state index contributed by atoms with van der Waals surface area (Å²) in [6, 6.07) is 15.9. The fraction of sp³-hybridized carbons (Fsp3) is 0.250. The number of hydrogen-bond donors (Lipinski definition) is 2. The molecule has 0 aliphatic heterocycles. The number of nitrogens with one attached hydrogen (secondary N) is 1. The summed E-state index contributed by atoms with van der Waals surface area (Å²) < 4.78 is 5.75. The van der Waals surface area contributed by atoms with E-state index in [9.17, 15) is 0 Å². The molecule has 2 N–H and O–H groups in total. The van der Waals surface area contributed by atoms with Crippen LogP contribution >= 0.6 is 0 Å². The number of ether oxygens (including phenoxy) is 1. The number of benzene rings is 2. The minimum atomic E-state index is 0.161. The van der Waals surface area contributed by atoms with Gasteiger partial charge in [-0.3, -0.25) is 0 Å². The van der Waals surface area contributed by atoms with E-state index >= 15 is 0 Å². The lowest BCUT2D eigenvalue weighted by Gasteiger charge is -2.07. The van der Waals surface area contributed by atoms with Crippen molar-refractivity contribution >= 4 is 0 Å². The van der Waals surface area contributed by atoms with Crippen molar-refractivity contribution in [3.63, 3.8) is 0 Å². The van der Waals surface area contributed by atoms with Gasteiger partial charge in [0.05, 0.1) is 6.61 Å². The Morgan fingerprint density at radius 1 is 0.947 bits per heavy atom. The third kappa shape index (κ3) is 4.39. The van der Waals surface area contributed by atoms with Gasteiger partial charge in [-0.25, -0.2) is 0 Å². The zero-order chi connectivity index (χ0) is 13.5. The average Bonchev–Trinajstić information content (AvgIpc) is 2.44. The smallest absolute Gasteiger partial charge is 0.127 e. The molecular weight excluding hydrogens is 238 g/mol. The third-order valence-electron chi connectivity index (χ3n) is 2.80. The van der Waals surface area contributed by atoms with Crippen molar-refractivity contribution in [2.75, 3.05) is 13.2 Å². The van der Waals surface area contributed by atoms with Crippen LogP contribution in [0.15, 0.2) is 48.5 Å². The summed E-state index contributed by atoms with van der Waals surface area (Å²) in [5.74, 6) is 1.67. The molecule has 19 heavy (non-hydrogen) atoms. The van der Waals surface area contributed by atoms with Crippen LogP contribution in [-0.4, -0.2) is 18.3 Å². The molecule has 2 aromatic carbocycles. The van der Waals surface area contributed by atoms with Gasteiger partial charge in [0, 0.05) is 13.1 Å². The van der Waals surface area contributed by atoms with Gasteiger partial charge in [-0.2, -0.15) is 0 Å². The summed E-state index contributed by atoms with van der Waals surface area (Å²) in [5, 5.41) is 11.8. The van der Waals surface area contributed by atoms with Crippen LogP contribution in [0.2, 0.25) is 0 Å². The molecule has 0 atom stereocenters. The quantitative estimate of drug-likeness (QED) is 0.782. The van der Waals surface area contributed by atoms with Gasteiger partial charge < -0.3 is 15.2 Å². The molecule has 0 spiro atoms. The van der Waals surface area contributed by atoms with Gasteiger partial charge in [0.25, 0.3) is 0 Å². The fourth-order valence-electron chi connectivity index (χ4n) is 1.73. The Morgan fingerprint density at radius 2 is 1.53 bits per heavy atom. The first-order valence-electron chi connectivity index (χ1n) is 6.43. The van der Waals surface area contributed by atoms with Crippen molar-refractivity contribution in [3.05, 3.63) is 59.7 Å². The van der Waals surface area contributed by atoms with E-state index in [4.69, 9.17) is 9.84 Å². The summed E-state index contributed by atoms with van der Waals surface area (Å²) in [7, 11) is 0. The molecule has 3 nitrogen and oxygen atoms in total. The SMILES string of the molecule is Cc1ccc(Oc2ccc(CNCCO)cc2)cc1. The van der Waals surface area contributed by atoms with Crippen LogP contribution in [0.4, 0.5) is 0 Å². The van der Waals surface area contributed by atoms with E-state index in [1.807, 2.05) is 48.5 Å². The second-order valence-corrected chi connectivity index (χ2v) is 4.46. The van der Waals surface area contributed by atoms with Crippen LogP contribution < -0.4 is 10.1 Å². The molecule has 0 saturated heterocycles. The second kappa shape index (κ2) is 6.92. The molecule has 0 saturated carbocycles. The summed E-state index contributed by atoms with van der Waals surface area (Å²) in [6.45, 7) is 3.58. The predicted octanol–water partition coefficient (Wildman–Crippen LogP) is 2.87. The zero-order valence-electron chi connectivity index (χ0n) is 11.1. The largest absolute Gasteiger partial charge is 0.457 e. The van der Waals surface area contributed by atoms with Gasteiger partial charge in [-0.1, -0.05) is 29.8 Å². The highest BCUT2D eigenvalue weighted by atomic mass is 16.5. The second-order valence-electron chi connectivity index (χ2n) is 4.46. The lowest BCUT2D eigenvalue weighted by Crippen LogP contribution is -2.17. The van der Waals surface area contributed by atoms with Crippen LogP contribution in [0, 0.1) is 6.92 Å². The number of rotatable bonds is 6. The third-order valence-corrected chi connectivity index (χ3v) is 2.80. The van der Waals surface area contributed by atoms with Crippen molar-refractivity contribution in [2.45, 2.75) is 13.5 Å². The van der Waals surface area contributed by atoms with Gasteiger partial charge in [0.15, 0.2) is 0 Å². The Hall–Kier alpha value is -1.84. The molecule has 0 amide bonds. The number of aliphatic hydroxyl groups is 1. The van der Waals surface area contributed by atoms with Gasteiger partial charge in [-0.15, -0.1) is 0 Å². The molecule has 0 fully saturated rings. The summed E-state index contributed by atoms with van der Waals surface area (Å²) >= 11 is 0. The Labute approximate surface area is 113 Å². The Morgan fingerprint density at radius 3 is 2.11 bits per heavy atom. The van der Waals surface area contributed by atoms with Crippen LogP contribution in [-0.2, 0) is 6.54 Å². The van der Waals surface area contributed by atoms with E-state index in [1.54, 1.807) is 0 Å². The first-order chi connectivity index (χ1) is 9.28. The standard InChI is InChI=1S/C16H19NO2/c1-13-2-6-15(7-3-13)19-16-8-4-14(5-9-16)12-17-10-11-18/h2-9,17-18H,10-12H2,1H3. The van der Waals surface area contributed by atoms with E-state index in [0.717, 1.165) is 18.0 Å². The van der Waals surface area contributed by atoms with Crippen LogP contribution in [0.1, 0.15) is 11.1 Å². The van der Waals surface area contributed by atoms with E-state index in [1.165, 1.54) is 11.1 Å². The summed E-state index contributed by atoms with van der Waals surface area (Å²) in [4.78, 5) is 0. The minimum absolute atomic E-state index is 0.161. The van der Waals surface area contributed by atoms with Crippen molar-refractivity contribution in [1.29, 1.82) is 0 Å². The van der Waals surface area contributed by atoms with Crippen LogP contribution in [0.5, 0.6) is 11.5 Å². The molecule has 0 heterocycles. The Bertz CT molecular complexity index is 491. The molecule has 0 radical (unpaired) electrons. The highest BCUT2D eigenvalue weighted by molar-refractivity contribution is 5.34. The van der Waals surface area contributed by atoms with Gasteiger partial charge in [-0.05, 0) is 36.8 Å². The highest BCUT2D eigenvalue weighted by Gasteiger charge is 1.98. The first-order valence-corrected chi connectivity index (χ1v) is 6.43. The molecule has 0 aliphatic rings. The minimum Gasteiger partial charge on any atom is -0.457 e. The molecule has 2 aromatic rings. The summed E-state index contributed by atoms with van der Waals surface area (Å²) in [5.41, 5.74) is 2.39. The van der Waals surface area contributed by atoms with Crippen molar-refractivity contribution in [1.82, 2.24) is 5.32 Å². The molecule has 3 heteroatoms. The Kier molecular flexibility index (Phi) is 4.95. The molecule has 0 aromatic heterocycles. The predicted molar refractivity (Wildman–Crippen MR) is 76.5 cm³/mol. The van der Waals surface area contributed by atoms with E-state index in [0.29, 0.717) is 6.54 Å². The molecule has 100 valence electrons. The number of aryl methyl sites for hydroxylation is 1. The van der Waals surface area contributed by atoms with Crippen molar-refractivity contribution in [2.24, 2.45) is 0 Å². The van der Waals surface area contributed by atoms with E-state index < -0.39 is 0 Å². The zero-order valence-corrected chi connectivity index (χ0v) is 11.1. The monoisotopic (exact) mass is 257 g/mol. The van der Waals surface area contributed by atoms with Crippen LogP contribution in [0.3, 0.4) is 0 Å². The Balaban J connectivity index is 1.92. The molecule has 0 bridgehead atoms. The van der Waals surface area contributed by atoms with E-state index in [-0.39, 0.29) is 6.61 Å². The topological polar surface area (TPSA) is 41.5 Å². The fourth-order valence-corrected chi connectivity index (χ4v) is 1.73. The maximum absolute atomic E-state index is 8.69. The van der Waals surface area contributed by atoms with E-state index in [2.05, 4.69) is 12.2 Å². The molecule has 0 unspecified atom stereocenters. The van der Waals surface area contributed by atoms with Crippen molar-refractivity contribution in [3.8, 4) is 11.5 Å². The van der Waals surface area contributed by atoms with Gasteiger partial charge in [0.2, 0.25) is 0 Å². The first kappa shape index (κ1) is 13.6. The van der Waals surface area contributed by atoms with Crippen LogP contribution in [0.25, 0.3) is 0 Å². The van der Waals surface area contributed by atoms with Gasteiger partial charge in [0.1, 0.15) is 11.5 Å². The average molecular weight is 257 g/mol. The van der Waals surface area contributed by atoms with Crippen molar-refractivity contribution < 1.29 is 9.84 Å². The molecule has 0 aliphatic carbocycles.